The number of fused-ring (bicyclic) bond motifs is 28. The molecule has 3 aliphatic carbocycles. The van der Waals surface area contributed by atoms with E-state index in [4.69, 9.17) is 19.2 Å². The Bertz CT molecular complexity index is 8470. The molecule has 0 bridgehead atoms. The first-order chi connectivity index (χ1) is 67.8. The second-order valence-electron chi connectivity index (χ2n) is 35.6. The highest BCUT2D eigenvalue weighted by Gasteiger charge is 2.55. The zero-order valence-corrected chi connectivity index (χ0v) is 75.9. The van der Waals surface area contributed by atoms with Crippen molar-refractivity contribution >= 4 is 45.3 Å². The average molecular weight is 1790 g/mol. The number of benzene rings is 20. The second kappa shape index (κ2) is 32.7. The third kappa shape index (κ3) is 12.6. The van der Waals surface area contributed by atoms with Gasteiger partial charge in [0.05, 0.1) is 27.5 Å². The summed E-state index contributed by atoms with van der Waals surface area (Å²) in [6.07, 6.45) is 0. The van der Waals surface area contributed by atoms with Crippen LogP contribution in [0.2, 0.25) is 0 Å². The van der Waals surface area contributed by atoms with Crippen molar-refractivity contribution in [1.82, 2.24) is 15.2 Å². The Morgan fingerprint density at radius 3 is 0.883 bits per heavy atom. The Kier molecular flexibility index (Phi) is 19.3. The molecule has 3 spiro atoms. The van der Waals surface area contributed by atoms with E-state index in [9.17, 15) is 0 Å². The van der Waals surface area contributed by atoms with E-state index in [1.807, 2.05) is 103 Å². The number of pyridine rings is 1. The van der Waals surface area contributed by atoms with Crippen LogP contribution in [0.4, 0.5) is 0 Å². The van der Waals surface area contributed by atoms with Gasteiger partial charge in [-0.05, 0) is 143 Å². The second-order valence-corrected chi connectivity index (χ2v) is 39.3. The highest BCUT2D eigenvalue weighted by Crippen LogP contribution is 2.68. The number of para-hydroxylation sites is 6. The molecule has 20 aromatic carbocycles. The van der Waals surface area contributed by atoms with Crippen molar-refractivity contribution in [3.05, 3.63) is 564 Å². The van der Waals surface area contributed by atoms with Crippen LogP contribution in [0.1, 0.15) is 66.8 Å². The van der Waals surface area contributed by atoms with Crippen LogP contribution >= 0.6 is 18.5 Å². The Morgan fingerprint density at radius 1 is 0.204 bits per heavy atom. The van der Waals surface area contributed by atoms with Crippen LogP contribution in [0.3, 0.4) is 0 Å². The first kappa shape index (κ1) is 80.8. The zero-order valence-electron chi connectivity index (χ0n) is 74.2. The summed E-state index contributed by atoms with van der Waals surface area (Å²) < 4.78 is 36.0. The summed E-state index contributed by atoms with van der Waals surface area (Å²) >= 11 is 1.61. The van der Waals surface area contributed by atoms with Gasteiger partial charge in [0.15, 0.2) is 7.14 Å². The maximum Gasteiger partial charge on any atom is 0.171 e. The van der Waals surface area contributed by atoms with Gasteiger partial charge in [0, 0.05) is 88.1 Å². The minimum atomic E-state index is -3.16. The molecular formula is C128H82N3O4PS. The minimum Gasteiger partial charge on any atom is -0.456 e. The van der Waals surface area contributed by atoms with Crippen molar-refractivity contribution in [3.63, 3.8) is 0 Å². The molecule has 6 aliphatic rings. The van der Waals surface area contributed by atoms with Crippen molar-refractivity contribution in [1.29, 1.82) is 0 Å². The van der Waals surface area contributed by atoms with Crippen molar-refractivity contribution < 1.29 is 18.8 Å². The van der Waals surface area contributed by atoms with Gasteiger partial charge in [0.25, 0.3) is 0 Å². The number of rotatable bonds is 10. The topological polar surface area (TPSA) is 83.4 Å². The number of hydrogen-bond acceptors (Lipinski definition) is 8. The highest BCUT2D eigenvalue weighted by atomic mass is 32.1. The van der Waals surface area contributed by atoms with E-state index in [0.717, 1.165) is 155 Å². The predicted molar refractivity (Wildman–Crippen MR) is 558 cm³/mol. The number of ether oxygens (including phenoxy) is 3. The van der Waals surface area contributed by atoms with Gasteiger partial charge in [-0.3, -0.25) is 0 Å². The minimum absolute atomic E-state index is 0.477. The van der Waals surface area contributed by atoms with Gasteiger partial charge in [-0.15, -0.1) is 10.2 Å². The molecule has 22 aromatic rings. The molecule has 0 N–H and O–H groups in total. The van der Waals surface area contributed by atoms with Gasteiger partial charge in [-0.2, -0.15) is 0 Å². The molecule has 5 heterocycles. The van der Waals surface area contributed by atoms with Gasteiger partial charge in [0.2, 0.25) is 0 Å². The number of hydrogen-bond donors (Lipinski definition) is 0. The third-order valence-electron chi connectivity index (χ3n) is 28.5. The van der Waals surface area contributed by atoms with E-state index in [0.29, 0.717) is 0 Å². The van der Waals surface area contributed by atoms with E-state index in [1.165, 1.54) is 83.5 Å². The number of aromatic nitrogens is 3. The van der Waals surface area contributed by atoms with Gasteiger partial charge in [-0.1, -0.05) is 460 Å². The molecule has 2 aromatic heterocycles. The lowest BCUT2D eigenvalue weighted by molar-refractivity contribution is 0.438. The molecule has 0 radical (unpaired) electrons. The van der Waals surface area contributed by atoms with Gasteiger partial charge < -0.3 is 18.8 Å². The van der Waals surface area contributed by atoms with E-state index in [-0.39, 0.29) is 0 Å². The average Bonchev–Trinajstić information content (AvgIpc) is 1.65. The number of nitrogens with zero attached hydrogens (tertiary/aromatic N) is 3. The summed E-state index contributed by atoms with van der Waals surface area (Å²) in [6, 6.07) is 175. The van der Waals surface area contributed by atoms with Gasteiger partial charge >= 0.3 is 0 Å². The lowest BCUT2D eigenvalue weighted by Gasteiger charge is -2.40. The molecule has 7 nitrogen and oxygen atoms in total. The van der Waals surface area contributed by atoms with Crippen LogP contribution in [-0.4, -0.2) is 15.2 Å². The summed E-state index contributed by atoms with van der Waals surface area (Å²) in [5.74, 6) is 5.28. The first-order valence-electron chi connectivity index (χ1n) is 46.5. The third-order valence-corrected chi connectivity index (χ3v) is 32.6. The summed E-state index contributed by atoms with van der Waals surface area (Å²) in [7, 11) is -3.16. The molecule has 0 atom stereocenters. The molecule has 28 rings (SSSR count). The monoisotopic (exact) mass is 1790 g/mol. The maximum atomic E-state index is 15.3. The molecule has 0 saturated carbocycles. The fourth-order valence-electron chi connectivity index (χ4n) is 22.8. The van der Waals surface area contributed by atoms with Crippen LogP contribution < -0.4 is 30.1 Å². The molecule has 0 saturated heterocycles. The first-order valence-corrected chi connectivity index (χ1v) is 49.0. The molecule has 3 aliphatic heterocycles. The van der Waals surface area contributed by atoms with Crippen molar-refractivity contribution in [2.45, 2.75) is 16.2 Å². The molecule has 9 heteroatoms. The fourth-order valence-corrected chi connectivity index (χ4v) is 26.3. The Balaban J connectivity index is 0.000000107. The van der Waals surface area contributed by atoms with E-state index >= 15 is 4.57 Å². The molecule has 0 fully saturated rings. The molecule has 0 amide bonds. The SMILES string of the molecule is O=P(c1ccccc1)(c1ccccc1)c1cccc(-c2cccc3c2Oc2ccccc2C32c3ccccc3-c3ccccc32)c1.c1ccc(-c2ccc3c(-c4cccc(-c5cccc6c5Oc5ccccc5C65c6ccccc6-c6ccccc65)c4)cccc3n2)cc1.c1ccc(-c2nnc(-c3cccc(-c4cccc5c4Oc4ccccc4C54c5ccccc5-c5ccccc54)c3)s2)cc1. The van der Waals surface area contributed by atoms with Crippen molar-refractivity contribution in [3.8, 4) is 145 Å². The van der Waals surface area contributed by atoms with Crippen LogP contribution in [-0.2, 0) is 20.8 Å². The quantitative estimate of drug-likeness (QED) is 0.126. The summed E-state index contributed by atoms with van der Waals surface area (Å²) in [5.41, 5.74) is 34.5. The summed E-state index contributed by atoms with van der Waals surface area (Å²) in [6.45, 7) is 0. The smallest absolute Gasteiger partial charge is 0.171 e. The van der Waals surface area contributed by atoms with E-state index in [1.54, 1.807) is 11.3 Å². The molecule has 137 heavy (non-hydrogen) atoms. The highest BCUT2D eigenvalue weighted by molar-refractivity contribution is 7.85. The molecular weight excluding hydrogens is 1710 g/mol. The maximum absolute atomic E-state index is 15.3. The van der Waals surface area contributed by atoms with Crippen molar-refractivity contribution in [2.75, 3.05) is 0 Å². The fraction of sp³-hybridized carbons (Fsp3) is 0.0234. The Labute approximate surface area is 798 Å². The standard InChI is InChI=1S/C46H29NO.C43H29O2P.C39H24N2OS/c1-2-13-30(14-3-1)42-28-27-37-33(19-12-25-43(37)47-42)31-15-10-16-32(29-31)34-20-11-24-41-45(34)48-44-26-9-8-23-40(44)46(41)38-21-6-4-17-35(38)36-18-5-7-22-39(36)46;44-46(31-16-3-1-4-17-31,32-18-5-2-6-19-32)33-20-13-15-30(29-33)34-23-14-27-40-42(34)45-41-28-12-11-26-39(41)43(40)37-24-9-7-21-35(37)36-22-8-10-25-38(36)43;1-2-12-25(13-3-1)37-40-41-38(43-37)27-15-10-14-26(24-27)28-18-11-22-34-36(28)42-35-23-9-8-21-33(35)39(34)31-19-6-4-16-29(31)30-17-5-7-20-32(30)39/h1-29H;1-29H;1-24H. The van der Waals surface area contributed by atoms with Gasteiger partial charge in [-0.25, -0.2) is 4.98 Å². The molecule has 0 unspecified atom stereocenters. The molecule has 644 valence electrons. The van der Waals surface area contributed by atoms with Crippen molar-refractivity contribution in [2.24, 2.45) is 0 Å². The van der Waals surface area contributed by atoms with E-state index in [2.05, 4.69) is 405 Å². The van der Waals surface area contributed by atoms with Crippen LogP contribution in [0.5, 0.6) is 34.5 Å². The lowest BCUT2D eigenvalue weighted by Crippen LogP contribution is -2.32. The summed E-state index contributed by atoms with van der Waals surface area (Å²) in [5, 5.41) is 14.4. The summed E-state index contributed by atoms with van der Waals surface area (Å²) in [4.78, 5) is 5.05. The van der Waals surface area contributed by atoms with Crippen LogP contribution in [0.15, 0.2) is 497 Å². The Morgan fingerprint density at radius 2 is 0.474 bits per heavy atom. The van der Waals surface area contributed by atoms with E-state index < -0.39 is 23.4 Å². The largest absolute Gasteiger partial charge is 0.456 e. The lowest BCUT2D eigenvalue weighted by atomic mass is 9.65. The normalized spacial score (nSPS) is 13.5. The zero-order chi connectivity index (χ0) is 90.8. The predicted octanol–water partition coefficient (Wildman–Crippen LogP) is 31.2. The van der Waals surface area contributed by atoms with Crippen LogP contribution in [0.25, 0.3) is 121 Å². The van der Waals surface area contributed by atoms with Crippen LogP contribution in [0, 0.1) is 0 Å². The Hall–Kier alpha value is -17.0. The van der Waals surface area contributed by atoms with Gasteiger partial charge in [0.1, 0.15) is 44.5 Å².